The maximum absolute atomic E-state index is 14.0. The van der Waals surface area contributed by atoms with Crippen LogP contribution < -0.4 is 0 Å². The van der Waals surface area contributed by atoms with Gasteiger partial charge in [0.1, 0.15) is 17.2 Å². The molecule has 0 N–H and O–H groups in total. The Morgan fingerprint density at radius 3 is 2.15 bits per heavy atom. The zero-order chi connectivity index (χ0) is 27.5. The van der Waals surface area contributed by atoms with Crippen LogP contribution in [0.5, 0.6) is 0 Å². The zero-order valence-corrected chi connectivity index (χ0v) is 22.1. The second-order valence-electron chi connectivity index (χ2n) is 10.3. The van der Waals surface area contributed by atoms with Crippen molar-refractivity contribution < 1.29 is 27.9 Å². The number of piperazine rings is 1. The molecule has 1 saturated carbocycles. The standard InChI is InChI=1S/C30H33F2N3O4/c1-2-39-30(38)26-27(33-15-17-34(18-16-33)28(36)21-9-13-23(32)14-10-21)24-5-3-4-6-25(24)35(29(26)37)19-20-7-11-22(31)12-8-20/h7-14,24-25H,2-6,15-19H2,1H3. The molecule has 0 bridgehead atoms. The van der Waals surface area contributed by atoms with Gasteiger partial charge in [0.25, 0.3) is 11.8 Å². The molecule has 2 aromatic carbocycles. The molecule has 1 aliphatic carbocycles. The number of nitrogens with zero attached hydrogens (tertiary/aromatic N) is 3. The van der Waals surface area contributed by atoms with E-state index < -0.39 is 11.8 Å². The zero-order valence-electron chi connectivity index (χ0n) is 22.1. The third kappa shape index (κ3) is 5.53. The first-order valence-corrected chi connectivity index (χ1v) is 13.6. The molecule has 9 heteroatoms. The van der Waals surface area contributed by atoms with E-state index in [0.29, 0.717) is 31.7 Å². The molecule has 206 valence electrons. The first-order valence-electron chi connectivity index (χ1n) is 13.6. The van der Waals surface area contributed by atoms with E-state index in [9.17, 15) is 23.2 Å². The maximum Gasteiger partial charge on any atom is 0.345 e. The number of carbonyl (C=O) groups excluding carboxylic acids is 3. The number of hydrogen-bond acceptors (Lipinski definition) is 5. The minimum atomic E-state index is -0.629. The van der Waals surface area contributed by atoms with Crippen molar-refractivity contribution in [1.29, 1.82) is 0 Å². The third-order valence-electron chi connectivity index (χ3n) is 7.96. The largest absolute Gasteiger partial charge is 0.462 e. The number of esters is 1. The summed E-state index contributed by atoms with van der Waals surface area (Å²) in [5.41, 5.74) is 2.02. The second-order valence-corrected chi connectivity index (χ2v) is 10.3. The summed E-state index contributed by atoms with van der Waals surface area (Å²) in [6.45, 7) is 3.93. The fourth-order valence-corrected chi connectivity index (χ4v) is 6.08. The summed E-state index contributed by atoms with van der Waals surface area (Å²) in [7, 11) is 0. The highest BCUT2D eigenvalue weighted by atomic mass is 19.1. The molecule has 2 atom stereocenters. The van der Waals surface area contributed by atoms with Crippen molar-refractivity contribution in [1.82, 2.24) is 14.7 Å². The molecule has 2 fully saturated rings. The monoisotopic (exact) mass is 537 g/mol. The molecule has 3 aliphatic rings. The van der Waals surface area contributed by atoms with Gasteiger partial charge in [0.2, 0.25) is 0 Å². The molecular formula is C30H33F2N3O4. The molecule has 0 spiro atoms. The number of rotatable bonds is 6. The average molecular weight is 538 g/mol. The molecule has 2 amide bonds. The second kappa shape index (κ2) is 11.6. The molecule has 1 saturated heterocycles. The molecule has 2 unspecified atom stereocenters. The molecule has 5 rings (SSSR count). The first-order chi connectivity index (χ1) is 18.9. The van der Waals surface area contributed by atoms with Gasteiger partial charge < -0.3 is 19.4 Å². The van der Waals surface area contributed by atoms with Crippen LogP contribution in [0, 0.1) is 17.6 Å². The highest BCUT2D eigenvalue weighted by molar-refractivity contribution is 6.17. The molecular weight excluding hydrogens is 504 g/mol. The fraction of sp³-hybridized carbons (Fsp3) is 0.433. The molecule has 0 radical (unpaired) electrons. The van der Waals surface area contributed by atoms with E-state index in [1.54, 1.807) is 28.9 Å². The first kappa shape index (κ1) is 26.8. The maximum atomic E-state index is 14.0. The van der Waals surface area contributed by atoms with Crippen LogP contribution in [-0.4, -0.2) is 71.3 Å². The third-order valence-corrected chi connectivity index (χ3v) is 7.96. The summed E-state index contributed by atoms with van der Waals surface area (Å²) in [5, 5.41) is 0. The van der Waals surface area contributed by atoms with E-state index in [1.807, 2.05) is 0 Å². The van der Waals surface area contributed by atoms with Crippen molar-refractivity contribution in [2.45, 2.75) is 45.2 Å². The van der Waals surface area contributed by atoms with Gasteiger partial charge in [0, 0.05) is 55.9 Å². The van der Waals surface area contributed by atoms with E-state index in [1.165, 1.54) is 36.4 Å². The van der Waals surface area contributed by atoms with Gasteiger partial charge in [-0.2, -0.15) is 0 Å². The predicted octanol–water partition coefficient (Wildman–Crippen LogP) is 4.14. The summed E-state index contributed by atoms with van der Waals surface area (Å²) >= 11 is 0. The summed E-state index contributed by atoms with van der Waals surface area (Å²) in [6.07, 6.45) is 3.63. The number of halogens is 2. The van der Waals surface area contributed by atoms with Crippen LogP contribution in [0.4, 0.5) is 8.78 Å². The Labute approximate surface area is 227 Å². The van der Waals surface area contributed by atoms with E-state index >= 15 is 0 Å². The van der Waals surface area contributed by atoms with Crippen LogP contribution in [0.15, 0.2) is 59.8 Å². The number of fused-ring (bicyclic) bond motifs is 1. The predicted molar refractivity (Wildman–Crippen MR) is 140 cm³/mol. The Morgan fingerprint density at radius 1 is 0.897 bits per heavy atom. The topological polar surface area (TPSA) is 70.2 Å². The highest BCUT2D eigenvalue weighted by Crippen LogP contribution is 2.42. The van der Waals surface area contributed by atoms with Gasteiger partial charge in [0.15, 0.2) is 0 Å². The van der Waals surface area contributed by atoms with Crippen LogP contribution in [0.3, 0.4) is 0 Å². The van der Waals surface area contributed by atoms with Crippen molar-refractivity contribution >= 4 is 17.8 Å². The van der Waals surface area contributed by atoms with E-state index in [4.69, 9.17) is 4.74 Å². The Morgan fingerprint density at radius 2 is 1.51 bits per heavy atom. The fourth-order valence-electron chi connectivity index (χ4n) is 6.08. The molecule has 2 aromatic rings. The highest BCUT2D eigenvalue weighted by Gasteiger charge is 2.47. The smallest absolute Gasteiger partial charge is 0.345 e. The summed E-state index contributed by atoms with van der Waals surface area (Å²) < 4.78 is 32.2. The Kier molecular flexibility index (Phi) is 7.95. The van der Waals surface area contributed by atoms with Crippen LogP contribution >= 0.6 is 0 Å². The Hall–Kier alpha value is -3.75. The number of benzene rings is 2. The van der Waals surface area contributed by atoms with Crippen LogP contribution in [0.1, 0.15) is 48.5 Å². The summed E-state index contributed by atoms with van der Waals surface area (Å²) in [4.78, 5) is 45.8. The quantitative estimate of drug-likeness (QED) is 0.409. The van der Waals surface area contributed by atoms with E-state index in [-0.39, 0.29) is 48.3 Å². The lowest BCUT2D eigenvalue weighted by atomic mass is 9.76. The van der Waals surface area contributed by atoms with Crippen molar-refractivity contribution in [3.63, 3.8) is 0 Å². The Balaban J connectivity index is 1.43. The van der Waals surface area contributed by atoms with Gasteiger partial charge in [-0.15, -0.1) is 0 Å². The minimum Gasteiger partial charge on any atom is -0.462 e. The van der Waals surface area contributed by atoms with Crippen molar-refractivity contribution in [3.05, 3.63) is 82.6 Å². The number of ether oxygens (including phenoxy) is 1. The normalized spacial score (nSPS) is 21.6. The number of carbonyl (C=O) groups is 3. The van der Waals surface area contributed by atoms with Gasteiger partial charge in [-0.05, 0) is 61.7 Å². The molecule has 2 aliphatic heterocycles. The average Bonchev–Trinajstić information content (AvgIpc) is 2.95. The van der Waals surface area contributed by atoms with Crippen molar-refractivity contribution in [2.24, 2.45) is 5.92 Å². The summed E-state index contributed by atoms with van der Waals surface area (Å²) in [6, 6.07) is 11.5. The van der Waals surface area contributed by atoms with Gasteiger partial charge in [-0.25, -0.2) is 13.6 Å². The van der Waals surface area contributed by atoms with Crippen LogP contribution in [0.2, 0.25) is 0 Å². The van der Waals surface area contributed by atoms with E-state index in [2.05, 4.69) is 4.90 Å². The SMILES string of the molecule is CCOC(=O)C1=C(N2CCN(C(=O)c3ccc(F)cc3)CC2)C2CCCCC2N(Cc2ccc(F)cc2)C1=O. The lowest BCUT2D eigenvalue weighted by Gasteiger charge is -2.49. The van der Waals surface area contributed by atoms with Crippen molar-refractivity contribution in [2.75, 3.05) is 32.8 Å². The van der Waals surface area contributed by atoms with Gasteiger partial charge >= 0.3 is 5.97 Å². The molecule has 7 nitrogen and oxygen atoms in total. The van der Waals surface area contributed by atoms with Crippen LogP contribution in [-0.2, 0) is 20.9 Å². The number of hydrogen-bond donors (Lipinski definition) is 0. The molecule has 39 heavy (non-hydrogen) atoms. The van der Waals surface area contributed by atoms with Crippen molar-refractivity contribution in [3.8, 4) is 0 Å². The van der Waals surface area contributed by atoms with Gasteiger partial charge in [-0.1, -0.05) is 25.0 Å². The molecule has 2 heterocycles. The number of amides is 2. The minimum absolute atomic E-state index is 0.0318. The van der Waals surface area contributed by atoms with E-state index in [0.717, 1.165) is 36.9 Å². The lowest BCUT2D eigenvalue weighted by molar-refractivity contribution is -0.145. The Bertz CT molecular complexity index is 1250. The van der Waals surface area contributed by atoms with Crippen LogP contribution in [0.25, 0.3) is 0 Å². The lowest BCUT2D eigenvalue weighted by Crippen LogP contribution is -2.57. The molecule has 0 aromatic heterocycles. The van der Waals surface area contributed by atoms with Gasteiger partial charge in [-0.3, -0.25) is 9.59 Å². The van der Waals surface area contributed by atoms with Gasteiger partial charge in [0.05, 0.1) is 6.61 Å². The summed E-state index contributed by atoms with van der Waals surface area (Å²) in [5.74, 6) is -1.93.